The molecular weight excluding hydrogens is 454 g/mol. The molecule has 1 amide bonds. The number of nitrogens with one attached hydrogen (secondary N) is 3. The normalized spacial score (nSPS) is 11.8. The first-order valence-electron chi connectivity index (χ1n) is 10.5. The summed E-state index contributed by atoms with van der Waals surface area (Å²) in [5.74, 6) is -0.424. The predicted molar refractivity (Wildman–Crippen MR) is 127 cm³/mol. The number of H-pyrrole nitrogens is 2. The van der Waals surface area contributed by atoms with Crippen molar-refractivity contribution in [1.82, 2.24) is 25.1 Å². The first-order valence-corrected chi connectivity index (χ1v) is 12.0. The maximum absolute atomic E-state index is 13.4. The molecule has 5 aromatic rings. The van der Waals surface area contributed by atoms with Crippen molar-refractivity contribution < 1.29 is 13.2 Å². The second-order valence-corrected chi connectivity index (χ2v) is 9.95. The Hall–Kier alpha value is -4.18. The number of sulfone groups is 1. The summed E-state index contributed by atoms with van der Waals surface area (Å²) in [6.45, 7) is 1.83. The highest BCUT2D eigenvalue weighted by Crippen LogP contribution is 2.28. The third kappa shape index (κ3) is 3.48. The number of aromatic amines is 2. The largest absolute Gasteiger partial charge is 0.347 e. The van der Waals surface area contributed by atoms with E-state index in [1.165, 1.54) is 12.1 Å². The number of hydrogen-bond acceptors (Lipinski definition) is 5. The van der Waals surface area contributed by atoms with Crippen LogP contribution in [0.4, 0.5) is 0 Å². The highest BCUT2D eigenvalue weighted by molar-refractivity contribution is 7.91. The van der Waals surface area contributed by atoms with Gasteiger partial charge < -0.3 is 14.9 Å². The van der Waals surface area contributed by atoms with Gasteiger partial charge in [0, 0.05) is 36.3 Å². The first kappa shape index (κ1) is 21.7. The fourth-order valence-electron chi connectivity index (χ4n) is 4.06. The van der Waals surface area contributed by atoms with Gasteiger partial charge in [0.2, 0.25) is 9.84 Å². The van der Waals surface area contributed by atoms with Crippen molar-refractivity contribution in [2.24, 2.45) is 7.05 Å². The standard InChI is InChI=1S/C24H21N5O4S/c1-14-22(34(32,33)17-7-8-20-15(9-17)13-27-28-20)10-21(29(14)2)24(31)26-12-16-11-25-23(30)19-6-4-3-5-18(16)19/h3-11,13H,12H2,1-2H3,(H,25,30)(H,26,31)(H,27,28). The predicted octanol–water partition coefficient (Wildman–Crippen LogP) is 2.81. The Kier molecular flexibility index (Phi) is 5.09. The number of carbonyl (C=O) groups is 1. The summed E-state index contributed by atoms with van der Waals surface area (Å²) in [6.07, 6.45) is 3.13. The summed E-state index contributed by atoms with van der Waals surface area (Å²) < 4.78 is 28.3. The molecule has 9 nitrogen and oxygen atoms in total. The van der Waals surface area contributed by atoms with Crippen molar-refractivity contribution in [3.05, 3.63) is 88.2 Å². The van der Waals surface area contributed by atoms with Crippen LogP contribution in [0.1, 0.15) is 21.7 Å². The molecule has 0 aliphatic rings. The molecule has 5 rings (SSSR count). The number of pyridine rings is 1. The third-order valence-electron chi connectivity index (χ3n) is 6.07. The van der Waals surface area contributed by atoms with E-state index in [2.05, 4.69) is 20.5 Å². The molecule has 0 spiro atoms. The van der Waals surface area contributed by atoms with Gasteiger partial charge in [0.1, 0.15) is 5.69 Å². The first-order chi connectivity index (χ1) is 16.3. The lowest BCUT2D eigenvalue weighted by Gasteiger charge is -2.09. The van der Waals surface area contributed by atoms with Gasteiger partial charge in [-0.15, -0.1) is 0 Å². The number of hydrogen-bond donors (Lipinski definition) is 3. The molecule has 0 aliphatic carbocycles. The Bertz CT molecular complexity index is 1740. The number of carbonyl (C=O) groups excluding carboxylic acids is 1. The summed E-state index contributed by atoms with van der Waals surface area (Å²) in [5.41, 5.74) is 1.95. The minimum Gasteiger partial charge on any atom is -0.347 e. The maximum atomic E-state index is 13.4. The second-order valence-electron chi connectivity index (χ2n) is 8.03. The van der Waals surface area contributed by atoms with Crippen molar-refractivity contribution in [2.75, 3.05) is 0 Å². The molecule has 0 unspecified atom stereocenters. The molecule has 0 saturated carbocycles. The van der Waals surface area contributed by atoms with Crippen LogP contribution in [-0.4, -0.2) is 34.1 Å². The Morgan fingerprint density at radius 3 is 2.68 bits per heavy atom. The van der Waals surface area contributed by atoms with Crippen molar-refractivity contribution in [2.45, 2.75) is 23.3 Å². The smallest absolute Gasteiger partial charge is 0.268 e. The van der Waals surface area contributed by atoms with Crippen molar-refractivity contribution >= 4 is 37.4 Å². The van der Waals surface area contributed by atoms with Crippen LogP contribution in [0.2, 0.25) is 0 Å². The number of nitrogens with zero attached hydrogens (tertiary/aromatic N) is 2. The van der Waals surface area contributed by atoms with Gasteiger partial charge in [0.15, 0.2) is 0 Å². The fraction of sp³-hybridized carbons (Fsp3) is 0.125. The lowest BCUT2D eigenvalue weighted by molar-refractivity contribution is 0.0942. The quantitative estimate of drug-likeness (QED) is 0.360. The number of rotatable bonds is 5. The molecule has 0 bridgehead atoms. The van der Waals surface area contributed by atoms with E-state index in [-0.39, 0.29) is 27.6 Å². The third-order valence-corrected chi connectivity index (χ3v) is 7.93. The van der Waals surface area contributed by atoms with E-state index in [0.29, 0.717) is 16.5 Å². The Morgan fingerprint density at radius 1 is 1.12 bits per heavy atom. The summed E-state index contributed by atoms with van der Waals surface area (Å²) in [6, 6.07) is 13.3. The van der Waals surface area contributed by atoms with Crippen LogP contribution >= 0.6 is 0 Å². The zero-order valence-corrected chi connectivity index (χ0v) is 19.2. The van der Waals surface area contributed by atoms with Crippen LogP contribution in [0.15, 0.2) is 75.5 Å². The monoisotopic (exact) mass is 475 g/mol. The van der Waals surface area contributed by atoms with E-state index >= 15 is 0 Å². The second kappa shape index (κ2) is 7.99. The summed E-state index contributed by atoms with van der Waals surface area (Å²) in [7, 11) is -2.21. The molecule has 172 valence electrons. The van der Waals surface area contributed by atoms with Crippen LogP contribution in [0, 0.1) is 6.92 Å². The molecule has 0 aliphatic heterocycles. The van der Waals surface area contributed by atoms with Gasteiger partial charge in [-0.2, -0.15) is 5.10 Å². The molecule has 0 radical (unpaired) electrons. The average Bonchev–Trinajstić information content (AvgIpc) is 3.43. The van der Waals surface area contributed by atoms with E-state index in [1.807, 2.05) is 12.1 Å². The van der Waals surface area contributed by atoms with Gasteiger partial charge in [-0.05, 0) is 48.2 Å². The van der Waals surface area contributed by atoms with Crippen LogP contribution in [0.5, 0.6) is 0 Å². The van der Waals surface area contributed by atoms with Crippen LogP contribution < -0.4 is 10.9 Å². The molecule has 3 N–H and O–H groups in total. The Morgan fingerprint density at radius 2 is 1.88 bits per heavy atom. The van der Waals surface area contributed by atoms with Gasteiger partial charge >= 0.3 is 0 Å². The van der Waals surface area contributed by atoms with Crippen molar-refractivity contribution in [3.63, 3.8) is 0 Å². The molecule has 3 aromatic heterocycles. The maximum Gasteiger partial charge on any atom is 0.268 e. The van der Waals surface area contributed by atoms with Crippen molar-refractivity contribution in [3.8, 4) is 0 Å². The molecule has 0 fully saturated rings. The molecule has 0 atom stereocenters. The van der Waals surface area contributed by atoms with Gasteiger partial charge in [0.25, 0.3) is 11.5 Å². The van der Waals surface area contributed by atoms with Crippen LogP contribution in [-0.2, 0) is 23.4 Å². The Balaban J connectivity index is 1.45. The van der Waals surface area contributed by atoms with Gasteiger partial charge in [0.05, 0.1) is 21.5 Å². The number of benzene rings is 2. The molecule has 34 heavy (non-hydrogen) atoms. The van der Waals surface area contributed by atoms with E-state index < -0.39 is 15.7 Å². The summed E-state index contributed by atoms with van der Waals surface area (Å²) in [5, 5.41) is 11.5. The average molecular weight is 476 g/mol. The minimum absolute atomic E-state index is 0.0671. The van der Waals surface area contributed by atoms with Gasteiger partial charge in [-0.1, -0.05) is 18.2 Å². The number of amides is 1. The lowest BCUT2D eigenvalue weighted by Crippen LogP contribution is -2.25. The minimum atomic E-state index is -3.86. The molecular formula is C24H21N5O4S. The molecule has 0 saturated heterocycles. The summed E-state index contributed by atoms with van der Waals surface area (Å²) >= 11 is 0. The van der Waals surface area contributed by atoms with Crippen LogP contribution in [0.25, 0.3) is 21.7 Å². The van der Waals surface area contributed by atoms with E-state index in [4.69, 9.17) is 0 Å². The highest BCUT2D eigenvalue weighted by Gasteiger charge is 2.26. The Labute approximate surface area is 194 Å². The van der Waals surface area contributed by atoms with Gasteiger partial charge in [-0.25, -0.2) is 8.42 Å². The molecule has 10 heteroatoms. The SMILES string of the molecule is Cc1c(S(=O)(=O)c2ccc3[nH]ncc3c2)cc(C(=O)NCc2c[nH]c(=O)c3ccccc23)n1C. The molecule has 3 heterocycles. The fourth-order valence-corrected chi connectivity index (χ4v) is 5.63. The van der Waals surface area contributed by atoms with Crippen LogP contribution in [0.3, 0.4) is 0 Å². The van der Waals surface area contributed by atoms with E-state index in [9.17, 15) is 18.0 Å². The summed E-state index contributed by atoms with van der Waals surface area (Å²) in [4.78, 5) is 27.9. The van der Waals surface area contributed by atoms with E-state index in [1.54, 1.807) is 55.2 Å². The van der Waals surface area contributed by atoms with Crippen molar-refractivity contribution in [1.29, 1.82) is 0 Å². The number of aromatic nitrogens is 4. The zero-order valence-electron chi connectivity index (χ0n) is 18.4. The number of fused-ring (bicyclic) bond motifs is 2. The lowest BCUT2D eigenvalue weighted by atomic mass is 10.1. The highest BCUT2D eigenvalue weighted by atomic mass is 32.2. The van der Waals surface area contributed by atoms with Gasteiger partial charge in [-0.3, -0.25) is 14.7 Å². The zero-order chi connectivity index (χ0) is 24.0. The van der Waals surface area contributed by atoms with E-state index in [0.717, 1.165) is 16.5 Å². The molecule has 2 aromatic carbocycles. The topological polar surface area (TPSA) is 130 Å².